The Hall–Kier alpha value is -1.65. The van der Waals surface area contributed by atoms with Crippen molar-refractivity contribution >= 4 is 26.5 Å². The summed E-state index contributed by atoms with van der Waals surface area (Å²) in [6, 6.07) is 0. The first-order valence-electron chi connectivity index (χ1n) is 3.37. The quantitative estimate of drug-likeness (QED) is 0.466. The molecule has 6 heteroatoms. The minimum atomic E-state index is -0.795. The second-order valence-electron chi connectivity index (χ2n) is 2.43. The topological polar surface area (TPSA) is 82.8 Å². The summed E-state index contributed by atoms with van der Waals surface area (Å²) in [4.78, 5) is 36.7. The van der Waals surface area contributed by atoms with Crippen LogP contribution in [0, 0.1) is 0 Å². The summed E-state index contributed by atoms with van der Waals surface area (Å²) >= 11 is 0. The third-order valence-electron chi connectivity index (χ3n) is 1.60. The van der Waals surface area contributed by atoms with Gasteiger partial charge in [0.2, 0.25) is 0 Å². The zero-order valence-electron chi connectivity index (χ0n) is 6.29. The van der Waals surface area contributed by atoms with E-state index in [-0.39, 0.29) is 0 Å². The summed E-state index contributed by atoms with van der Waals surface area (Å²) in [6.07, 6.45) is 0. The lowest BCUT2D eigenvalue weighted by atomic mass is 10.5. The van der Waals surface area contributed by atoms with Crippen molar-refractivity contribution < 1.29 is 4.79 Å². The summed E-state index contributed by atoms with van der Waals surface area (Å²) < 4.78 is 0. The summed E-state index contributed by atoms with van der Waals surface area (Å²) in [5.41, 5.74) is -1.04. The number of nitrogens with one attached hydrogen (secondary N) is 2. The zero-order chi connectivity index (χ0) is 9.42. The number of hydrogen-bond donors (Lipinski definition) is 2. The smallest absolute Gasteiger partial charge is 0.306 e. The van der Waals surface area contributed by atoms with Crippen LogP contribution in [0.2, 0.25) is 0 Å². The highest BCUT2D eigenvalue weighted by molar-refractivity contribution is 8.27. The molecule has 1 atom stereocenters. The van der Waals surface area contributed by atoms with E-state index in [1.165, 1.54) is 10.8 Å². The first-order valence-corrected chi connectivity index (χ1v) is 4.72. The van der Waals surface area contributed by atoms with Crippen molar-refractivity contribution in [3.05, 3.63) is 31.4 Å². The molecule has 0 fully saturated rings. The summed E-state index contributed by atoms with van der Waals surface area (Å²) in [5.74, 6) is 0. The van der Waals surface area contributed by atoms with Gasteiger partial charge in [-0.1, -0.05) is 10.5 Å². The van der Waals surface area contributed by atoms with Crippen LogP contribution in [-0.2, 0) is 4.79 Å². The van der Waals surface area contributed by atoms with Crippen molar-refractivity contribution in [1.82, 2.24) is 9.97 Å². The number of aromatic amines is 2. The summed E-state index contributed by atoms with van der Waals surface area (Å²) in [5, 5.41) is 5.49. The van der Waals surface area contributed by atoms with Crippen LogP contribution >= 0.6 is 10.5 Å². The number of carbonyl (C=O) groups excluding carboxylic acids is 1. The number of hydrogen-bond acceptors (Lipinski definition) is 3. The average molecular weight is 196 g/mol. The largest absolute Gasteiger partial charge is 0.326 e. The number of rotatable bonds is 0. The molecular formula is C7H4N2O3S. The molecule has 1 aromatic heterocycles. The van der Waals surface area contributed by atoms with Gasteiger partial charge >= 0.3 is 5.69 Å². The Morgan fingerprint density at radius 3 is 2.69 bits per heavy atom. The van der Waals surface area contributed by atoms with Gasteiger partial charge in [0.05, 0.1) is 10.6 Å². The van der Waals surface area contributed by atoms with Gasteiger partial charge in [0.25, 0.3) is 5.56 Å². The first-order chi connectivity index (χ1) is 6.20. The van der Waals surface area contributed by atoms with Crippen LogP contribution in [0.1, 0.15) is 0 Å². The highest BCUT2D eigenvalue weighted by atomic mass is 32.2. The van der Waals surface area contributed by atoms with E-state index in [0.717, 1.165) is 0 Å². The molecule has 0 bridgehead atoms. The van der Waals surface area contributed by atoms with E-state index in [4.69, 9.17) is 0 Å². The Morgan fingerprint density at radius 2 is 2.00 bits per heavy atom. The maximum Gasteiger partial charge on any atom is 0.326 e. The Balaban J connectivity index is 3.10. The van der Waals surface area contributed by atoms with Gasteiger partial charge in [-0.15, -0.1) is 0 Å². The molecule has 66 valence electrons. The summed E-state index contributed by atoms with van der Waals surface area (Å²) in [7, 11) is -0.795. The Morgan fingerprint density at radius 1 is 1.23 bits per heavy atom. The maximum absolute atomic E-state index is 11.1. The Kier molecular flexibility index (Phi) is 1.65. The highest BCUT2D eigenvalue weighted by Crippen LogP contribution is 2.13. The van der Waals surface area contributed by atoms with Gasteiger partial charge in [-0.3, -0.25) is 9.78 Å². The van der Waals surface area contributed by atoms with Crippen LogP contribution in [0.4, 0.5) is 0 Å². The molecule has 2 heterocycles. The van der Waals surface area contributed by atoms with E-state index in [2.05, 4.69) is 9.97 Å². The van der Waals surface area contributed by atoms with Gasteiger partial charge in [-0.05, 0) is 5.41 Å². The fourth-order valence-electron chi connectivity index (χ4n) is 1.06. The Labute approximate surface area is 73.4 Å². The predicted octanol–water partition coefficient (Wildman–Crippen LogP) is -2.11. The minimum Gasteiger partial charge on any atom is -0.306 e. The third-order valence-corrected chi connectivity index (χ3v) is 2.77. The van der Waals surface area contributed by atoms with Crippen LogP contribution in [-0.4, -0.2) is 15.2 Å². The molecule has 0 saturated carbocycles. The van der Waals surface area contributed by atoms with Gasteiger partial charge in [0.15, 0.2) is 5.23 Å². The molecule has 13 heavy (non-hydrogen) atoms. The minimum absolute atomic E-state index is 0.339. The second-order valence-corrected chi connectivity index (χ2v) is 3.81. The van der Waals surface area contributed by atoms with E-state index >= 15 is 0 Å². The fraction of sp³-hybridized carbons (Fsp3) is 0. The molecule has 0 aromatic carbocycles. The molecule has 1 aromatic rings. The van der Waals surface area contributed by atoms with E-state index in [9.17, 15) is 14.4 Å². The SMILES string of the molecule is O=C=S1C=c2[nH]c(=O)[nH]c(=O)c2=C1. The lowest BCUT2D eigenvalue weighted by molar-refractivity contribution is 0.572. The lowest BCUT2D eigenvalue weighted by Gasteiger charge is -1.81. The molecule has 0 amide bonds. The Bertz CT molecular complexity index is 646. The number of aromatic nitrogens is 2. The third kappa shape index (κ3) is 1.22. The fourth-order valence-corrected chi connectivity index (χ4v) is 2.15. The van der Waals surface area contributed by atoms with Crippen molar-refractivity contribution in [3.63, 3.8) is 0 Å². The van der Waals surface area contributed by atoms with E-state index in [1.807, 2.05) is 0 Å². The van der Waals surface area contributed by atoms with Crippen molar-refractivity contribution in [1.29, 1.82) is 0 Å². The summed E-state index contributed by atoms with van der Waals surface area (Å²) in [6.45, 7) is 0. The van der Waals surface area contributed by atoms with E-state index in [1.54, 1.807) is 5.23 Å². The number of fused-ring (bicyclic) bond motifs is 1. The van der Waals surface area contributed by atoms with Crippen molar-refractivity contribution in [2.45, 2.75) is 0 Å². The average Bonchev–Trinajstić information content (AvgIpc) is 2.47. The lowest BCUT2D eigenvalue weighted by Crippen LogP contribution is -2.46. The standard InChI is InChI=1S/C7H4N2O3S/c10-3-13-1-4-5(2-13)8-7(12)9-6(4)11/h1-2H,(H2,8,9,11,12). The molecule has 1 aliphatic heterocycles. The van der Waals surface area contributed by atoms with Crippen LogP contribution < -0.4 is 21.8 Å². The first kappa shape index (κ1) is 7.97. The van der Waals surface area contributed by atoms with Gasteiger partial charge in [0.1, 0.15) is 0 Å². The molecule has 2 rings (SSSR count). The van der Waals surface area contributed by atoms with E-state index in [0.29, 0.717) is 10.6 Å². The molecule has 0 saturated heterocycles. The predicted molar refractivity (Wildman–Crippen MR) is 49.1 cm³/mol. The monoisotopic (exact) mass is 196 g/mol. The number of H-pyrrole nitrogens is 2. The van der Waals surface area contributed by atoms with Crippen LogP contribution in [0.5, 0.6) is 0 Å². The molecule has 0 aliphatic carbocycles. The molecule has 0 spiro atoms. The normalized spacial score (nSPS) is 18.3. The van der Waals surface area contributed by atoms with Crippen LogP contribution in [0.25, 0.3) is 10.8 Å². The van der Waals surface area contributed by atoms with Gasteiger partial charge < -0.3 is 4.98 Å². The molecular weight excluding hydrogens is 192 g/mol. The van der Waals surface area contributed by atoms with Crippen molar-refractivity contribution in [2.75, 3.05) is 0 Å². The second kappa shape index (κ2) is 2.69. The highest BCUT2D eigenvalue weighted by Gasteiger charge is 2.02. The van der Waals surface area contributed by atoms with E-state index < -0.39 is 21.7 Å². The van der Waals surface area contributed by atoms with Crippen molar-refractivity contribution in [3.8, 4) is 0 Å². The molecule has 1 aliphatic rings. The van der Waals surface area contributed by atoms with Crippen molar-refractivity contribution in [2.24, 2.45) is 0 Å². The maximum atomic E-state index is 11.1. The van der Waals surface area contributed by atoms with Crippen LogP contribution in [0.15, 0.2) is 9.59 Å². The molecule has 2 N–H and O–H groups in total. The van der Waals surface area contributed by atoms with Gasteiger partial charge in [-0.2, -0.15) is 0 Å². The molecule has 0 radical (unpaired) electrons. The van der Waals surface area contributed by atoms with Gasteiger partial charge in [-0.25, -0.2) is 9.59 Å². The zero-order valence-corrected chi connectivity index (χ0v) is 7.10. The molecule has 1 unspecified atom stereocenters. The molecule has 5 nitrogen and oxygen atoms in total. The van der Waals surface area contributed by atoms with Gasteiger partial charge in [0, 0.05) is 5.41 Å². The van der Waals surface area contributed by atoms with Crippen LogP contribution in [0.3, 0.4) is 0 Å².